The van der Waals surface area contributed by atoms with Gasteiger partial charge in [-0.2, -0.15) is 15.2 Å². The van der Waals surface area contributed by atoms with E-state index in [1.165, 1.54) is 0 Å². The molecule has 2 unspecified atom stereocenters. The van der Waals surface area contributed by atoms with Crippen molar-refractivity contribution in [3.8, 4) is 23.2 Å². The van der Waals surface area contributed by atoms with Crippen molar-refractivity contribution >= 4 is 55.5 Å². The summed E-state index contributed by atoms with van der Waals surface area (Å²) in [6, 6.07) is 3.57. The first-order chi connectivity index (χ1) is 28.0. The van der Waals surface area contributed by atoms with Gasteiger partial charge in [0.2, 0.25) is 0 Å². The summed E-state index contributed by atoms with van der Waals surface area (Å²) in [5.41, 5.74) is 0.153. The number of pyridine rings is 1. The molecule has 0 spiro atoms. The van der Waals surface area contributed by atoms with E-state index in [0.29, 0.717) is 64.2 Å². The summed E-state index contributed by atoms with van der Waals surface area (Å²) >= 11 is 1.10. The summed E-state index contributed by atoms with van der Waals surface area (Å²) in [4.78, 5) is 47.0. The topological polar surface area (TPSA) is 155 Å². The molecule has 0 radical (unpaired) electrons. The molecule has 1 aromatic carbocycles. The van der Waals surface area contributed by atoms with Crippen LogP contribution >= 0.6 is 11.3 Å². The fourth-order valence-electron chi connectivity index (χ4n) is 9.72. The monoisotopic (exact) mass is 830 g/mol. The maximum atomic E-state index is 17.9. The van der Waals surface area contributed by atoms with Gasteiger partial charge in [0.15, 0.2) is 5.82 Å². The van der Waals surface area contributed by atoms with Gasteiger partial charge in [-0.25, -0.2) is 23.4 Å². The van der Waals surface area contributed by atoms with Gasteiger partial charge in [0.05, 0.1) is 29.7 Å². The van der Waals surface area contributed by atoms with Gasteiger partial charge in [-0.1, -0.05) is 11.3 Å². The van der Waals surface area contributed by atoms with Crippen molar-refractivity contribution < 1.29 is 37.3 Å². The van der Waals surface area contributed by atoms with Gasteiger partial charge in [0.25, 0.3) is 0 Å². The van der Waals surface area contributed by atoms with Crippen molar-refractivity contribution in [1.82, 2.24) is 24.8 Å². The van der Waals surface area contributed by atoms with Crippen LogP contribution in [0.4, 0.5) is 29.2 Å². The third kappa shape index (κ3) is 7.06. The highest BCUT2D eigenvalue weighted by Crippen LogP contribution is 2.49. The third-order valence-electron chi connectivity index (χ3n) is 12.0. The van der Waals surface area contributed by atoms with E-state index in [9.17, 15) is 19.2 Å². The molecule has 1 N–H and O–H groups in total. The molecule has 5 aliphatic rings. The number of carbonyl (C=O) groups excluding carboxylic acids is 2. The van der Waals surface area contributed by atoms with E-state index in [1.807, 2.05) is 20.8 Å². The summed E-state index contributed by atoms with van der Waals surface area (Å²) in [5, 5.41) is 14.3. The Bertz CT molecular complexity index is 2410. The molecule has 312 valence electrons. The quantitative estimate of drug-likeness (QED) is 0.201. The van der Waals surface area contributed by atoms with Crippen LogP contribution in [0.15, 0.2) is 12.3 Å². The Morgan fingerprint density at radius 3 is 2.49 bits per heavy atom. The normalized spacial score (nSPS) is 24.1. The number of halogens is 2. The second-order valence-corrected chi connectivity index (χ2v) is 19.3. The molecule has 4 fully saturated rings. The Morgan fingerprint density at radius 2 is 1.78 bits per heavy atom. The van der Waals surface area contributed by atoms with Crippen LogP contribution < -0.4 is 15.0 Å². The number of alkyl halides is 1. The van der Waals surface area contributed by atoms with E-state index in [-0.39, 0.29) is 65.7 Å². The number of thiophene rings is 1. The van der Waals surface area contributed by atoms with E-state index in [2.05, 4.69) is 26.2 Å². The molecule has 4 atom stereocenters. The molecule has 59 heavy (non-hydrogen) atoms. The van der Waals surface area contributed by atoms with Crippen LogP contribution in [0.2, 0.25) is 0 Å². The summed E-state index contributed by atoms with van der Waals surface area (Å²) in [7, 11) is 0. The highest BCUT2D eigenvalue weighted by molar-refractivity contribution is 7.23. The maximum absolute atomic E-state index is 17.9. The predicted molar refractivity (Wildman–Crippen MR) is 217 cm³/mol. The van der Waals surface area contributed by atoms with Crippen LogP contribution in [-0.2, 0) is 27.4 Å². The minimum atomic E-state index is -0.959. The summed E-state index contributed by atoms with van der Waals surface area (Å²) in [6.45, 7) is 13.1. The molecule has 4 saturated heterocycles. The smallest absolute Gasteiger partial charge is 0.412 e. The Kier molecular flexibility index (Phi) is 9.63. The standard InChI is InChI=1S/C42H48F2N8O6S/c1-40(2,3)57-38(53)49-35-26(15-45)30-25(10-12-46-36(30)59-35)29-27-19-55-20-28(27)31-33(32(29)44)47-37(56-21-42-11-7-13-51(42)16-22(43)14-42)48-34(31)52-23-8-9-24(52)18-50(17-23)39(54)58-41(4,5)6/h10,12,22-24H,7-9,11,13-14,16-21H2,1-6H3,(H,49,53)/t22-,23?,24?,42+/m1/s1. The van der Waals surface area contributed by atoms with Crippen LogP contribution in [0, 0.1) is 17.1 Å². The summed E-state index contributed by atoms with van der Waals surface area (Å²) in [5.74, 6) is -0.145. The molecule has 2 amide bonds. The SMILES string of the molecule is CC(C)(C)OC(=O)Nc1sc2nccc(-c3c4c(c5c(N6C7CCC6CN(C(=O)OC(C)(C)C)C7)nc(OC[C@@]67CCCN6C[C@H](F)C7)nc5c3F)COC4)c2c1C#N. The number of nitrogens with zero attached hydrogens (tertiary/aromatic N) is 7. The van der Waals surface area contributed by atoms with Crippen LogP contribution in [0.3, 0.4) is 0 Å². The fraction of sp³-hybridized carbons (Fsp3) is 0.571. The molecular weight excluding hydrogens is 783 g/mol. The van der Waals surface area contributed by atoms with Gasteiger partial charge in [0.1, 0.15) is 51.2 Å². The lowest BCUT2D eigenvalue weighted by atomic mass is 9.91. The average molecular weight is 831 g/mol. The highest BCUT2D eigenvalue weighted by atomic mass is 32.1. The summed E-state index contributed by atoms with van der Waals surface area (Å²) in [6.07, 6.45) is 3.10. The molecular formula is C42H48F2N8O6S. The lowest BCUT2D eigenvalue weighted by Crippen LogP contribution is -2.56. The average Bonchev–Trinajstić information content (AvgIpc) is 3.96. The molecule has 0 aliphatic carbocycles. The molecule has 2 bridgehead atoms. The second kappa shape index (κ2) is 14.4. The lowest BCUT2D eigenvalue weighted by Gasteiger charge is -2.42. The lowest BCUT2D eigenvalue weighted by molar-refractivity contribution is 0.0209. The number of amides is 2. The Labute approximate surface area is 344 Å². The predicted octanol–water partition coefficient (Wildman–Crippen LogP) is 7.84. The number of aromatic nitrogens is 3. The van der Waals surface area contributed by atoms with E-state index in [1.54, 1.807) is 37.9 Å². The number of fused-ring (bicyclic) bond motifs is 7. The number of anilines is 2. The number of likely N-dealkylation sites (tertiary alicyclic amines) is 1. The maximum Gasteiger partial charge on any atom is 0.412 e. The molecule has 17 heteroatoms. The van der Waals surface area contributed by atoms with Crippen molar-refractivity contribution in [2.45, 2.75) is 122 Å². The van der Waals surface area contributed by atoms with Crippen molar-refractivity contribution in [3.05, 3.63) is 34.8 Å². The second-order valence-electron chi connectivity index (χ2n) is 18.3. The zero-order chi connectivity index (χ0) is 41.6. The first-order valence-electron chi connectivity index (χ1n) is 20.3. The van der Waals surface area contributed by atoms with Crippen LogP contribution in [0.1, 0.15) is 90.3 Å². The third-order valence-corrected chi connectivity index (χ3v) is 13.0. The number of hydrogen-bond acceptors (Lipinski definition) is 13. The molecule has 5 aliphatic heterocycles. The van der Waals surface area contributed by atoms with Gasteiger partial charge in [-0.15, -0.1) is 0 Å². The molecule has 3 aromatic heterocycles. The molecule has 4 aromatic rings. The first-order valence-corrected chi connectivity index (χ1v) is 21.1. The number of ether oxygens (including phenoxy) is 4. The van der Waals surface area contributed by atoms with Crippen LogP contribution in [0.25, 0.3) is 32.2 Å². The van der Waals surface area contributed by atoms with Crippen LogP contribution in [-0.4, -0.2) is 105 Å². The minimum Gasteiger partial charge on any atom is -0.461 e. The summed E-state index contributed by atoms with van der Waals surface area (Å²) < 4.78 is 56.4. The van der Waals surface area contributed by atoms with E-state index < -0.39 is 34.8 Å². The zero-order valence-corrected chi connectivity index (χ0v) is 34.9. The molecule has 0 saturated carbocycles. The van der Waals surface area contributed by atoms with Gasteiger partial charge >= 0.3 is 18.2 Å². The van der Waals surface area contributed by atoms with Gasteiger partial charge < -0.3 is 28.7 Å². The van der Waals surface area contributed by atoms with E-state index in [4.69, 9.17) is 28.9 Å². The van der Waals surface area contributed by atoms with Gasteiger partial charge in [0, 0.05) is 55.3 Å². The minimum absolute atomic E-state index is 0.0225. The number of carbonyl (C=O) groups is 2. The number of rotatable bonds is 6. The number of nitrogens with one attached hydrogen (secondary N) is 1. The van der Waals surface area contributed by atoms with Crippen LogP contribution in [0.5, 0.6) is 6.01 Å². The number of benzene rings is 1. The van der Waals surface area contributed by atoms with Gasteiger partial charge in [-0.3, -0.25) is 10.2 Å². The van der Waals surface area contributed by atoms with Crippen molar-refractivity contribution in [2.75, 3.05) is 43.0 Å². The number of nitriles is 1. The fourth-order valence-corrected chi connectivity index (χ4v) is 10.7. The molecule has 14 nitrogen and oxygen atoms in total. The van der Waals surface area contributed by atoms with Crippen molar-refractivity contribution in [2.24, 2.45) is 0 Å². The highest BCUT2D eigenvalue weighted by Gasteiger charge is 2.50. The van der Waals surface area contributed by atoms with Crippen molar-refractivity contribution in [1.29, 1.82) is 5.26 Å². The van der Waals surface area contributed by atoms with E-state index >= 15 is 4.39 Å². The molecule has 8 heterocycles. The Morgan fingerprint density at radius 1 is 1.05 bits per heavy atom. The number of piperazine rings is 1. The van der Waals surface area contributed by atoms with Gasteiger partial charge in [-0.05, 0) is 96.5 Å². The van der Waals surface area contributed by atoms with Crippen molar-refractivity contribution in [3.63, 3.8) is 0 Å². The number of hydrogen-bond donors (Lipinski definition) is 1. The Balaban J connectivity index is 1.18. The van der Waals surface area contributed by atoms with E-state index in [0.717, 1.165) is 43.6 Å². The zero-order valence-electron chi connectivity index (χ0n) is 34.1. The Hall–Kier alpha value is -4.92. The largest absolute Gasteiger partial charge is 0.461 e. The first kappa shape index (κ1) is 39.5. The molecule has 9 rings (SSSR count).